The summed E-state index contributed by atoms with van der Waals surface area (Å²) in [6.45, 7) is 3.22. The molecule has 1 atom stereocenters. The number of aromatic carboxylic acids is 1. The van der Waals surface area contributed by atoms with Crippen LogP contribution in [0.5, 0.6) is 0 Å². The van der Waals surface area contributed by atoms with Crippen molar-refractivity contribution in [3.05, 3.63) is 14.7 Å². The molecule has 108 valence electrons. The average Bonchev–Trinajstić information content (AvgIpc) is 2.68. The second-order valence-corrected chi connectivity index (χ2v) is 8.26. The van der Waals surface area contributed by atoms with Crippen LogP contribution in [0.2, 0.25) is 0 Å². The van der Waals surface area contributed by atoms with E-state index in [1.807, 2.05) is 0 Å². The summed E-state index contributed by atoms with van der Waals surface area (Å²) in [7, 11) is -3.87. The van der Waals surface area contributed by atoms with Gasteiger partial charge in [0.25, 0.3) is 0 Å². The highest BCUT2D eigenvalue weighted by Gasteiger charge is 2.26. The van der Waals surface area contributed by atoms with Crippen LogP contribution < -0.4 is 4.72 Å². The third kappa shape index (κ3) is 3.99. The maximum Gasteiger partial charge on any atom is 0.345 e. The number of aliphatic hydroxyl groups is 1. The molecule has 3 N–H and O–H groups in total. The summed E-state index contributed by atoms with van der Waals surface area (Å²) in [4.78, 5) is 10.6. The molecule has 0 fully saturated rings. The molecule has 6 nitrogen and oxygen atoms in total. The zero-order valence-corrected chi connectivity index (χ0v) is 13.5. The molecule has 0 unspecified atom stereocenters. The Hall–Kier alpha value is -0.480. The maximum absolute atomic E-state index is 12.1. The molecule has 1 heterocycles. The molecule has 0 aliphatic rings. The number of aliphatic hydroxyl groups excluding tert-OH is 1. The minimum absolute atomic E-state index is 0.0719. The standard InChI is InChI=1S/C10H14BrNO5S2/c1-5(2)6(4-13)12-19(16,17)8-3-7(10(14)15)18-9(8)11/h3,5-6,12-13H,4H2,1-2H3,(H,14,15)/t6-/m1/s1. The summed E-state index contributed by atoms with van der Waals surface area (Å²) >= 11 is 3.87. The Morgan fingerprint density at radius 1 is 1.53 bits per heavy atom. The summed E-state index contributed by atoms with van der Waals surface area (Å²) in [5, 5.41) is 18.0. The first-order valence-electron chi connectivity index (χ1n) is 5.35. The molecule has 0 aromatic carbocycles. The Morgan fingerprint density at radius 3 is 2.47 bits per heavy atom. The van der Waals surface area contributed by atoms with Crippen molar-refractivity contribution in [3.63, 3.8) is 0 Å². The van der Waals surface area contributed by atoms with E-state index in [1.54, 1.807) is 13.8 Å². The molecule has 1 aromatic rings. The molecular formula is C10H14BrNO5S2. The lowest BCUT2D eigenvalue weighted by Gasteiger charge is -2.19. The highest BCUT2D eigenvalue weighted by Crippen LogP contribution is 2.31. The van der Waals surface area contributed by atoms with E-state index in [-0.39, 0.29) is 26.1 Å². The summed E-state index contributed by atoms with van der Waals surface area (Å²) in [6.07, 6.45) is 0. The van der Waals surface area contributed by atoms with Crippen molar-refractivity contribution in [2.24, 2.45) is 5.92 Å². The van der Waals surface area contributed by atoms with Crippen molar-refractivity contribution in [2.45, 2.75) is 24.8 Å². The van der Waals surface area contributed by atoms with Crippen LogP contribution in [0.25, 0.3) is 0 Å². The van der Waals surface area contributed by atoms with E-state index >= 15 is 0 Å². The fraction of sp³-hybridized carbons (Fsp3) is 0.500. The fourth-order valence-electron chi connectivity index (χ4n) is 1.29. The van der Waals surface area contributed by atoms with Crippen LogP contribution in [0.4, 0.5) is 0 Å². The molecule has 0 saturated heterocycles. The third-order valence-corrected chi connectivity index (χ3v) is 6.19. The van der Waals surface area contributed by atoms with Gasteiger partial charge in [0.05, 0.1) is 10.4 Å². The second kappa shape index (κ2) is 6.31. The molecule has 1 rings (SSSR count). The van der Waals surface area contributed by atoms with Gasteiger partial charge in [0, 0.05) is 6.04 Å². The zero-order valence-electron chi connectivity index (χ0n) is 10.3. The smallest absolute Gasteiger partial charge is 0.345 e. The summed E-state index contributed by atoms with van der Waals surface area (Å²) in [5.74, 6) is -1.27. The van der Waals surface area contributed by atoms with Gasteiger partial charge in [-0.1, -0.05) is 13.8 Å². The molecule has 9 heteroatoms. The monoisotopic (exact) mass is 371 g/mol. The van der Waals surface area contributed by atoms with Crippen molar-refractivity contribution in [1.29, 1.82) is 0 Å². The van der Waals surface area contributed by atoms with Crippen LogP contribution in [-0.4, -0.2) is 37.2 Å². The second-order valence-electron chi connectivity index (χ2n) is 4.21. The molecule has 0 spiro atoms. The van der Waals surface area contributed by atoms with Crippen LogP contribution in [0.1, 0.15) is 23.5 Å². The van der Waals surface area contributed by atoms with Crippen LogP contribution in [0.3, 0.4) is 0 Å². The Kier molecular flexibility index (Phi) is 5.51. The van der Waals surface area contributed by atoms with Crippen molar-refractivity contribution >= 4 is 43.3 Å². The van der Waals surface area contributed by atoms with Gasteiger partial charge in [0.2, 0.25) is 10.0 Å². The van der Waals surface area contributed by atoms with E-state index in [2.05, 4.69) is 20.7 Å². The average molecular weight is 372 g/mol. The van der Waals surface area contributed by atoms with Gasteiger partial charge in [-0.25, -0.2) is 17.9 Å². The minimum Gasteiger partial charge on any atom is -0.477 e. The SMILES string of the molecule is CC(C)[C@@H](CO)NS(=O)(=O)c1cc(C(=O)O)sc1Br. The number of carbonyl (C=O) groups is 1. The molecule has 0 radical (unpaired) electrons. The van der Waals surface area contributed by atoms with Crippen LogP contribution in [-0.2, 0) is 10.0 Å². The topological polar surface area (TPSA) is 104 Å². The number of halogens is 1. The van der Waals surface area contributed by atoms with Crippen molar-refractivity contribution in [3.8, 4) is 0 Å². The van der Waals surface area contributed by atoms with Gasteiger partial charge < -0.3 is 10.2 Å². The number of thiophene rings is 1. The number of carboxylic acids is 1. The molecular weight excluding hydrogens is 358 g/mol. The number of nitrogens with one attached hydrogen (secondary N) is 1. The predicted molar refractivity (Wildman–Crippen MR) is 75.0 cm³/mol. The van der Waals surface area contributed by atoms with E-state index in [0.717, 1.165) is 17.4 Å². The number of hydrogen-bond donors (Lipinski definition) is 3. The third-order valence-electron chi connectivity index (χ3n) is 2.46. The van der Waals surface area contributed by atoms with Gasteiger partial charge in [-0.3, -0.25) is 0 Å². The number of carboxylic acid groups (broad SMARTS) is 1. The van der Waals surface area contributed by atoms with Crippen LogP contribution in [0.15, 0.2) is 14.7 Å². The van der Waals surface area contributed by atoms with Crippen molar-refractivity contribution < 1.29 is 23.4 Å². The highest BCUT2D eigenvalue weighted by atomic mass is 79.9. The largest absolute Gasteiger partial charge is 0.477 e. The van der Waals surface area contributed by atoms with Gasteiger partial charge >= 0.3 is 5.97 Å². The van der Waals surface area contributed by atoms with Gasteiger partial charge in [0.1, 0.15) is 9.77 Å². The molecule has 0 amide bonds. The highest BCUT2D eigenvalue weighted by molar-refractivity contribution is 9.11. The lowest BCUT2D eigenvalue weighted by Crippen LogP contribution is -2.41. The number of hydrogen-bond acceptors (Lipinski definition) is 5. The molecule has 1 aromatic heterocycles. The Balaban J connectivity index is 3.10. The Morgan fingerprint density at radius 2 is 2.11 bits per heavy atom. The van der Waals surface area contributed by atoms with E-state index in [9.17, 15) is 13.2 Å². The van der Waals surface area contributed by atoms with Gasteiger partial charge in [0.15, 0.2) is 0 Å². The fourth-order valence-corrected chi connectivity index (χ4v) is 5.07. The van der Waals surface area contributed by atoms with E-state index in [1.165, 1.54) is 0 Å². The van der Waals surface area contributed by atoms with Crippen molar-refractivity contribution in [1.82, 2.24) is 4.72 Å². The Bertz CT molecular complexity index is 566. The van der Waals surface area contributed by atoms with Crippen molar-refractivity contribution in [2.75, 3.05) is 6.61 Å². The quantitative estimate of drug-likeness (QED) is 0.702. The summed E-state index contributed by atoms with van der Waals surface area (Å²) < 4.78 is 26.8. The minimum atomic E-state index is -3.87. The lowest BCUT2D eigenvalue weighted by molar-refractivity contribution is 0.0702. The van der Waals surface area contributed by atoms with E-state index in [4.69, 9.17) is 10.2 Å². The van der Waals surface area contributed by atoms with Crippen LogP contribution in [0, 0.1) is 5.92 Å². The van der Waals surface area contributed by atoms with Gasteiger partial charge in [-0.15, -0.1) is 11.3 Å². The maximum atomic E-state index is 12.1. The summed E-state index contributed by atoms with van der Waals surface area (Å²) in [6, 6.07) is 0.471. The normalized spacial score (nSPS) is 13.7. The predicted octanol–water partition coefficient (Wildman–Crippen LogP) is 1.50. The van der Waals surface area contributed by atoms with Gasteiger partial charge in [-0.05, 0) is 27.9 Å². The number of rotatable bonds is 6. The van der Waals surface area contributed by atoms with Gasteiger partial charge in [-0.2, -0.15) is 0 Å². The van der Waals surface area contributed by atoms with E-state index in [0.29, 0.717) is 0 Å². The molecule has 0 aliphatic carbocycles. The lowest BCUT2D eigenvalue weighted by atomic mass is 10.1. The number of sulfonamides is 1. The molecule has 19 heavy (non-hydrogen) atoms. The first kappa shape index (κ1) is 16.6. The molecule has 0 aliphatic heterocycles. The van der Waals surface area contributed by atoms with E-state index < -0.39 is 22.0 Å². The Labute approximate surface area is 123 Å². The molecule has 0 saturated carbocycles. The first-order chi connectivity index (χ1) is 8.69. The molecule has 0 bridgehead atoms. The first-order valence-corrected chi connectivity index (χ1v) is 8.44. The van der Waals surface area contributed by atoms with Crippen LogP contribution >= 0.6 is 27.3 Å². The zero-order chi connectivity index (χ0) is 14.8. The summed E-state index contributed by atoms with van der Waals surface area (Å²) in [5.41, 5.74) is 0.